The third-order valence-corrected chi connectivity index (χ3v) is 2.05. The molecule has 0 aliphatic heterocycles. The minimum Gasteiger partial charge on any atom is -0.398 e. The first-order valence-electron chi connectivity index (χ1n) is 4.47. The van der Waals surface area contributed by atoms with Crippen molar-refractivity contribution < 1.29 is 0 Å². The molecule has 0 unspecified atom stereocenters. The molecular weight excluding hydrogens is 160 g/mol. The number of hydrogen-bond donors (Lipinski definition) is 1. The van der Waals surface area contributed by atoms with Crippen LogP contribution in [0.1, 0.15) is 30.9 Å². The smallest absolute Gasteiger partial charge is 0.0405 e. The molecule has 2 N–H and O–H groups in total. The van der Waals surface area contributed by atoms with Crippen LogP contribution >= 0.6 is 0 Å². The molecule has 0 heterocycles. The Morgan fingerprint density at radius 2 is 2.08 bits per heavy atom. The zero-order valence-corrected chi connectivity index (χ0v) is 8.41. The fourth-order valence-corrected chi connectivity index (χ4v) is 1.38. The highest BCUT2D eigenvalue weighted by Gasteiger charge is 2.06. The molecule has 1 aromatic carbocycles. The van der Waals surface area contributed by atoms with E-state index in [9.17, 15) is 0 Å². The van der Waals surface area contributed by atoms with E-state index in [1.165, 1.54) is 5.56 Å². The van der Waals surface area contributed by atoms with Gasteiger partial charge in [0.1, 0.15) is 0 Å². The average Bonchev–Trinajstić information content (AvgIpc) is 2.08. The number of benzene rings is 1. The van der Waals surface area contributed by atoms with Gasteiger partial charge in [-0.3, -0.25) is 4.99 Å². The third kappa shape index (κ3) is 2.08. The molecule has 0 radical (unpaired) electrons. The second-order valence-electron chi connectivity index (χ2n) is 3.39. The molecule has 0 fully saturated rings. The van der Waals surface area contributed by atoms with Crippen LogP contribution in [0, 0.1) is 0 Å². The maximum Gasteiger partial charge on any atom is 0.0405 e. The average molecular weight is 176 g/mol. The second kappa shape index (κ2) is 4.08. The Labute approximate surface area is 79.5 Å². The molecular formula is C11H16N2. The van der Waals surface area contributed by atoms with Crippen LogP contribution in [0.3, 0.4) is 0 Å². The van der Waals surface area contributed by atoms with Crippen LogP contribution in [0.5, 0.6) is 0 Å². The lowest BCUT2D eigenvalue weighted by Crippen LogP contribution is -2.00. The number of hydrogen-bond acceptors (Lipinski definition) is 2. The minimum atomic E-state index is 0.483. The molecule has 13 heavy (non-hydrogen) atoms. The molecule has 1 rings (SSSR count). The van der Waals surface area contributed by atoms with Crippen molar-refractivity contribution in [3.63, 3.8) is 0 Å². The van der Waals surface area contributed by atoms with Gasteiger partial charge in [0.15, 0.2) is 0 Å². The van der Waals surface area contributed by atoms with E-state index in [1.807, 2.05) is 18.3 Å². The van der Waals surface area contributed by atoms with Crippen molar-refractivity contribution >= 4 is 11.9 Å². The van der Waals surface area contributed by atoms with E-state index in [0.717, 1.165) is 11.3 Å². The van der Waals surface area contributed by atoms with Gasteiger partial charge in [-0.15, -0.1) is 0 Å². The zero-order valence-electron chi connectivity index (χ0n) is 8.41. The van der Waals surface area contributed by atoms with Crippen molar-refractivity contribution in [3.05, 3.63) is 29.3 Å². The fraction of sp³-hybridized carbons (Fsp3) is 0.364. The predicted molar refractivity (Wildman–Crippen MR) is 58.5 cm³/mol. The highest BCUT2D eigenvalue weighted by molar-refractivity contribution is 5.89. The van der Waals surface area contributed by atoms with Crippen LogP contribution in [-0.2, 0) is 0 Å². The van der Waals surface area contributed by atoms with Gasteiger partial charge in [0.05, 0.1) is 0 Å². The molecule has 0 aliphatic carbocycles. The number of aliphatic imine (C=N–C) groups is 1. The normalized spacial score (nSPS) is 11.4. The molecule has 0 saturated heterocycles. The van der Waals surface area contributed by atoms with Crippen LogP contribution in [0.4, 0.5) is 5.69 Å². The summed E-state index contributed by atoms with van der Waals surface area (Å²) in [6.45, 7) is 4.31. The van der Waals surface area contributed by atoms with Crippen LogP contribution in [0.2, 0.25) is 0 Å². The van der Waals surface area contributed by atoms with Crippen molar-refractivity contribution in [2.24, 2.45) is 4.99 Å². The molecule has 70 valence electrons. The Hall–Kier alpha value is -1.31. The van der Waals surface area contributed by atoms with Crippen molar-refractivity contribution in [1.82, 2.24) is 0 Å². The quantitative estimate of drug-likeness (QED) is 0.545. The van der Waals surface area contributed by atoms with Crippen LogP contribution in [-0.4, -0.2) is 13.3 Å². The number of anilines is 1. The van der Waals surface area contributed by atoms with Gasteiger partial charge in [-0.1, -0.05) is 26.0 Å². The molecule has 0 saturated carbocycles. The SMILES string of the molecule is CN=Cc1c(N)cccc1C(C)C. The number of nitrogens with zero attached hydrogens (tertiary/aromatic N) is 1. The van der Waals surface area contributed by atoms with Crippen LogP contribution in [0.15, 0.2) is 23.2 Å². The molecule has 2 heteroatoms. The van der Waals surface area contributed by atoms with Crippen molar-refractivity contribution in [3.8, 4) is 0 Å². The zero-order chi connectivity index (χ0) is 9.84. The Morgan fingerprint density at radius 1 is 1.38 bits per heavy atom. The van der Waals surface area contributed by atoms with E-state index in [1.54, 1.807) is 7.05 Å². The second-order valence-corrected chi connectivity index (χ2v) is 3.39. The highest BCUT2D eigenvalue weighted by atomic mass is 14.7. The summed E-state index contributed by atoms with van der Waals surface area (Å²) in [6, 6.07) is 5.98. The maximum absolute atomic E-state index is 5.85. The standard InChI is InChI=1S/C11H16N2/c1-8(2)9-5-4-6-11(12)10(9)7-13-3/h4-8H,12H2,1-3H3. The lowest BCUT2D eigenvalue weighted by Gasteiger charge is -2.11. The van der Waals surface area contributed by atoms with Gasteiger partial charge in [-0.2, -0.15) is 0 Å². The van der Waals surface area contributed by atoms with Crippen molar-refractivity contribution in [1.29, 1.82) is 0 Å². The van der Waals surface area contributed by atoms with Gasteiger partial charge in [0.25, 0.3) is 0 Å². The summed E-state index contributed by atoms with van der Waals surface area (Å²) in [5, 5.41) is 0. The van der Waals surface area contributed by atoms with Crippen LogP contribution in [0.25, 0.3) is 0 Å². The van der Waals surface area contributed by atoms with E-state index in [2.05, 4.69) is 24.9 Å². The molecule has 2 nitrogen and oxygen atoms in total. The molecule has 0 amide bonds. The summed E-state index contributed by atoms with van der Waals surface area (Å²) in [5.41, 5.74) is 8.97. The van der Waals surface area contributed by atoms with Gasteiger partial charge in [-0.25, -0.2) is 0 Å². The van der Waals surface area contributed by atoms with E-state index >= 15 is 0 Å². The predicted octanol–water partition coefficient (Wildman–Crippen LogP) is 2.44. The summed E-state index contributed by atoms with van der Waals surface area (Å²) in [4.78, 5) is 4.00. The van der Waals surface area contributed by atoms with Gasteiger partial charge in [-0.05, 0) is 17.5 Å². The minimum absolute atomic E-state index is 0.483. The summed E-state index contributed by atoms with van der Waals surface area (Å²) in [5.74, 6) is 0.483. The number of nitrogens with two attached hydrogens (primary N) is 1. The van der Waals surface area contributed by atoms with E-state index in [0.29, 0.717) is 5.92 Å². The number of rotatable bonds is 2. The summed E-state index contributed by atoms with van der Waals surface area (Å²) < 4.78 is 0. The lowest BCUT2D eigenvalue weighted by atomic mass is 9.96. The van der Waals surface area contributed by atoms with E-state index in [4.69, 9.17) is 5.73 Å². The first-order chi connectivity index (χ1) is 6.16. The highest BCUT2D eigenvalue weighted by Crippen LogP contribution is 2.22. The number of nitrogen functional groups attached to an aromatic ring is 1. The van der Waals surface area contributed by atoms with E-state index < -0.39 is 0 Å². The largest absolute Gasteiger partial charge is 0.398 e. The summed E-state index contributed by atoms with van der Waals surface area (Å²) in [7, 11) is 1.76. The first-order valence-corrected chi connectivity index (χ1v) is 4.47. The molecule has 1 aromatic rings. The summed E-state index contributed by atoms with van der Waals surface area (Å²) in [6.07, 6.45) is 1.82. The van der Waals surface area contributed by atoms with Crippen molar-refractivity contribution in [2.45, 2.75) is 19.8 Å². The molecule has 0 atom stereocenters. The fourth-order valence-electron chi connectivity index (χ4n) is 1.38. The Kier molecular flexibility index (Phi) is 3.07. The molecule has 0 bridgehead atoms. The van der Waals surface area contributed by atoms with Gasteiger partial charge in [0, 0.05) is 24.5 Å². The van der Waals surface area contributed by atoms with Gasteiger partial charge < -0.3 is 5.73 Å². The Balaban J connectivity index is 3.25. The van der Waals surface area contributed by atoms with Gasteiger partial charge >= 0.3 is 0 Å². The molecule has 0 aliphatic rings. The van der Waals surface area contributed by atoms with Gasteiger partial charge in [0.2, 0.25) is 0 Å². The van der Waals surface area contributed by atoms with Crippen molar-refractivity contribution in [2.75, 3.05) is 12.8 Å². The van der Waals surface area contributed by atoms with E-state index in [-0.39, 0.29) is 0 Å². The summed E-state index contributed by atoms with van der Waals surface area (Å²) >= 11 is 0. The Morgan fingerprint density at radius 3 is 2.62 bits per heavy atom. The third-order valence-electron chi connectivity index (χ3n) is 2.05. The molecule has 0 aromatic heterocycles. The maximum atomic E-state index is 5.85. The lowest BCUT2D eigenvalue weighted by molar-refractivity contribution is 0.865. The monoisotopic (exact) mass is 176 g/mol. The topological polar surface area (TPSA) is 38.4 Å². The molecule has 0 spiro atoms. The Bertz CT molecular complexity index is 314. The first kappa shape index (κ1) is 9.78. The van der Waals surface area contributed by atoms with Crippen LogP contribution < -0.4 is 5.73 Å².